The molecule has 0 fully saturated rings. The van der Waals surface area contributed by atoms with E-state index in [2.05, 4.69) is 0 Å². The summed E-state index contributed by atoms with van der Waals surface area (Å²) in [6.45, 7) is 0. The minimum atomic E-state index is -4.40. The van der Waals surface area contributed by atoms with Crippen LogP contribution in [0.3, 0.4) is 0 Å². The molecule has 0 spiro atoms. The normalized spacial score (nSPS) is 12.1. The maximum Gasteiger partial charge on any atom is 3.00 e. The van der Waals surface area contributed by atoms with Crippen LogP contribution in [-0.2, 0) is 113 Å². The minimum Gasteiger partial charge on any atom is -0.282 e. The van der Waals surface area contributed by atoms with Crippen molar-refractivity contribution < 1.29 is 139 Å². The molecule has 0 saturated heterocycles. The topological polar surface area (TPSA) is 489 Å². The van der Waals surface area contributed by atoms with Gasteiger partial charge in [0.05, 0.1) is 44.1 Å². The van der Waals surface area contributed by atoms with Gasteiger partial charge in [-0.2, -0.15) is 75.8 Å². The van der Waals surface area contributed by atoms with Gasteiger partial charge in [-0.3, -0.25) is 41.0 Å². The van der Waals surface area contributed by atoms with Gasteiger partial charge in [-0.05, 0) is 181 Å². The zero-order valence-electron chi connectivity index (χ0n) is 49.3. The standard InChI is InChI=1S/3C18H15O9PS3.Au.4Ca/c3*19-29(20,21)16-7-1-13(2-8-16)28(14-3-9-17(10-4-14)30(22,23)24)15-5-11-18(12-6-15)31(25,26)27;;;;;/h3*1-12H,(H,19,20,21)(H,22,23,24)(H,25,26,27);;;;;/q;;;+3;4*+2. The number of hydrogen-bond donors (Lipinski definition) is 9. The van der Waals surface area contributed by atoms with Gasteiger partial charge < -0.3 is 0 Å². The fourth-order valence-electron chi connectivity index (χ4n) is 8.25. The van der Waals surface area contributed by atoms with Crippen molar-refractivity contribution in [1.29, 1.82) is 0 Å². The Morgan fingerprint density at radius 2 is 0.214 bits per heavy atom. The molecule has 27 nitrogen and oxygen atoms in total. The third-order valence-corrected chi connectivity index (χ3v) is 27.7. The average molecular weight is 1860 g/mol. The van der Waals surface area contributed by atoms with Crippen molar-refractivity contribution in [3.63, 3.8) is 0 Å². The summed E-state index contributed by atoms with van der Waals surface area (Å²) in [5.74, 6) is 0. The summed E-state index contributed by atoms with van der Waals surface area (Å²) in [6.07, 6.45) is 0. The molecule has 0 aliphatic rings. The maximum atomic E-state index is 11.3. The van der Waals surface area contributed by atoms with Crippen LogP contribution in [-0.4, -0.2) is 268 Å². The van der Waals surface area contributed by atoms with Gasteiger partial charge in [0.2, 0.25) is 0 Å². The number of rotatable bonds is 18. The van der Waals surface area contributed by atoms with Crippen molar-refractivity contribution >= 4 is 314 Å². The second-order valence-electron chi connectivity index (χ2n) is 18.7. The van der Waals surface area contributed by atoms with E-state index in [1.54, 1.807) is 0 Å². The van der Waals surface area contributed by atoms with Gasteiger partial charge in [0.15, 0.2) is 0 Å². The van der Waals surface area contributed by atoms with Crippen LogP contribution in [0.25, 0.3) is 0 Å². The maximum absolute atomic E-state index is 11.3. The van der Waals surface area contributed by atoms with E-state index in [1.807, 2.05) is 0 Å². The molecule has 9 N–H and O–H groups in total. The van der Waals surface area contributed by atoms with E-state index in [-0.39, 0.29) is 217 Å². The summed E-state index contributed by atoms with van der Waals surface area (Å²) in [6, 6.07) is 48.3. The molecule has 9 aromatic rings. The second-order valence-corrected chi connectivity index (χ2v) is 38.2. The molecule has 500 valence electrons. The molecule has 0 aliphatic carbocycles. The minimum absolute atomic E-state index is 0. The average Bonchev–Trinajstić information content (AvgIpc) is 0.805. The number of hydrogen-bond acceptors (Lipinski definition) is 18. The monoisotopic (exact) mass is 1860 g/mol. The Balaban J connectivity index is 0.000000488. The van der Waals surface area contributed by atoms with Crippen molar-refractivity contribution in [3.8, 4) is 0 Å². The Bertz CT molecular complexity index is 4270. The Morgan fingerprint density at radius 1 is 0.153 bits per heavy atom. The molecule has 0 saturated carbocycles. The molecule has 0 bridgehead atoms. The van der Waals surface area contributed by atoms with Gasteiger partial charge in [0.25, 0.3) is 91.1 Å². The second kappa shape index (κ2) is 37.7. The fraction of sp³-hybridized carbons (Fsp3) is 0. The Kier molecular flexibility index (Phi) is 35.9. The SMILES string of the molecule is O=S(=O)(O)c1ccc(P(c2ccc(S(=O)(=O)O)cc2)c2ccc(S(=O)(=O)O)cc2)cc1.O=S(=O)(O)c1ccc(P(c2ccc(S(=O)(=O)O)cc2)c2ccc(S(=O)(=O)O)cc2)cc1.O=S(=O)(O)c1ccc(P(c2ccc(S(=O)(=O)O)cc2)c2ccc(S(=O)(=O)O)cc2)cc1.[Au+3].[Ca+2].[Ca+2].[Ca+2].[Ca+2]. The molecule has 98 heavy (non-hydrogen) atoms. The first-order valence-electron chi connectivity index (χ1n) is 24.9. The predicted octanol–water partition coefficient (Wildman–Crippen LogP) is 2.03. The van der Waals surface area contributed by atoms with Crippen LogP contribution in [0.5, 0.6) is 0 Å². The summed E-state index contributed by atoms with van der Waals surface area (Å²) in [5, 5.41) is 5.51. The largest absolute Gasteiger partial charge is 3.00 e. The third kappa shape index (κ3) is 26.3. The molecular weight excluding hydrogens is 1820 g/mol. The van der Waals surface area contributed by atoms with Gasteiger partial charge in [-0.1, -0.05) is 109 Å². The van der Waals surface area contributed by atoms with Crippen molar-refractivity contribution in [3.05, 3.63) is 218 Å². The van der Waals surface area contributed by atoms with Crippen LogP contribution in [0.15, 0.2) is 262 Å². The van der Waals surface area contributed by atoms with Crippen molar-refractivity contribution in [2.45, 2.75) is 44.1 Å². The molecule has 9 rings (SSSR count). The van der Waals surface area contributed by atoms with Crippen LogP contribution in [0.4, 0.5) is 0 Å². The van der Waals surface area contributed by atoms with Gasteiger partial charge in [-0.15, -0.1) is 0 Å². The fourth-order valence-corrected chi connectivity index (χ4v) is 19.3. The summed E-state index contributed by atoms with van der Waals surface area (Å²) in [7, 11) is -43.9. The van der Waals surface area contributed by atoms with Gasteiger partial charge in [0, 0.05) is 0 Å². The molecule has 0 atom stereocenters. The molecule has 0 aromatic heterocycles. The van der Waals surface area contributed by atoms with E-state index < -0.39 is 115 Å². The van der Waals surface area contributed by atoms with Crippen LogP contribution in [0, 0.1) is 0 Å². The zero-order valence-corrected chi connectivity index (χ0v) is 70.3. The quantitative estimate of drug-likeness (QED) is 0.0337. The van der Waals surface area contributed by atoms with Crippen molar-refractivity contribution in [2.75, 3.05) is 0 Å². The summed E-state index contributed by atoms with van der Waals surface area (Å²) in [5.41, 5.74) is 0. The summed E-state index contributed by atoms with van der Waals surface area (Å²) >= 11 is 0. The molecule has 0 radical (unpaired) electrons. The smallest absolute Gasteiger partial charge is 0.282 e. The van der Waals surface area contributed by atoms with Gasteiger partial charge in [0.1, 0.15) is 0 Å². The Morgan fingerprint density at radius 3 is 0.265 bits per heavy atom. The summed E-state index contributed by atoms with van der Waals surface area (Å²) < 4.78 is 286. The number of benzene rings is 9. The van der Waals surface area contributed by atoms with Crippen molar-refractivity contribution in [2.24, 2.45) is 0 Å². The summed E-state index contributed by atoms with van der Waals surface area (Å²) in [4.78, 5) is -2.79. The molecule has 0 unspecified atom stereocenters. The Labute approximate surface area is 703 Å². The van der Waals surface area contributed by atoms with E-state index >= 15 is 0 Å². The molecule has 0 amide bonds. The van der Waals surface area contributed by atoms with E-state index in [1.165, 1.54) is 218 Å². The van der Waals surface area contributed by atoms with Crippen molar-refractivity contribution in [1.82, 2.24) is 0 Å². The molecule has 0 heterocycles. The van der Waals surface area contributed by atoms with Crippen LogP contribution < -0.4 is 47.7 Å². The van der Waals surface area contributed by atoms with Crippen LogP contribution in [0.1, 0.15) is 0 Å². The van der Waals surface area contributed by atoms with Crippen LogP contribution in [0.2, 0.25) is 0 Å². The third-order valence-electron chi connectivity index (χ3n) is 12.5. The van der Waals surface area contributed by atoms with Crippen LogP contribution >= 0.6 is 23.8 Å². The van der Waals surface area contributed by atoms with E-state index in [0.29, 0.717) is 47.7 Å². The predicted molar refractivity (Wildman–Crippen MR) is 367 cm³/mol. The first kappa shape index (κ1) is 93.3. The van der Waals surface area contributed by atoms with Gasteiger partial charge in [-0.25, -0.2) is 0 Å². The van der Waals surface area contributed by atoms with E-state index in [4.69, 9.17) is 0 Å². The first-order valence-corrected chi connectivity index (χ1v) is 41.9. The van der Waals surface area contributed by atoms with Gasteiger partial charge >= 0.3 is 173 Å². The Hall–Kier alpha value is -0.761. The van der Waals surface area contributed by atoms with E-state index in [9.17, 15) is 117 Å². The van der Waals surface area contributed by atoms with E-state index in [0.717, 1.165) is 0 Å². The molecule has 44 heteroatoms. The molecule has 9 aromatic carbocycles. The zero-order chi connectivity index (χ0) is 69.1. The molecular formula is C54H45AuCa4O27P3S9+11. The molecule has 0 aliphatic heterocycles. The first-order chi connectivity index (χ1) is 42.8.